The first-order valence-electron chi connectivity index (χ1n) is 14.4. The monoisotopic (exact) mass is 598 g/mol. The van der Waals surface area contributed by atoms with Gasteiger partial charge >= 0.3 is 12.1 Å². The van der Waals surface area contributed by atoms with Gasteiger partial charge in [-0.25, -0.2) is 19.2 Å². The number of aromatic carboxylic acids is 1. The maximum absolute atomic E-state index is 14.2. The van der Waals surface area contributed by atoms with Crippen LogP contribution in [0.4, 0.5) is 29.3 Å². The summed E-state index contributed by atoms with van der Waals surface area (Å²) in [6, 6.07) is 10.8. The third-order valence-corrected chi connectivity index (χ3v) is 8.14. The van der Waals surface area contributed by atoms with Crippen LogP contribution in [-0.4, -0.2) is 43.2 Å². The van der Waals surface area contributed by atoms with E-state index in [1.807, 2.05) is 36.3 Å². The number of anilines is 2. The summed E-state index contributed by atoms with van der Waals surface area (Å²) in [7, 11) is 0. The average Bonchev–Trinajstić information content (AvgIpc) is 3.28. The van der Waals surface area contributed by atoms with Gasteiger partial charge < -0.3 is 19.9 Å². The molecule has 0 aliphatic heterocycles. The van der Waals surface area contributed by atoms with Gasteiger partial charge in [0.15, 0.2) is 11.5 Å². The Morgan fingerprint density at radius 3 is 2.42 bits per heavy atom. The Hall–Kier alpha value is -4.22. The molecule has 12 heteroatoms. The lowest BCUT2D eigenvalue weighted by molar-refractivity contribution is -0.137. The van der Waals surface area contributed by atoms with Gasteiger partial charge in [-0.05, 0) is 74.4 Å². The first-order chi connectivity index (χ1) is 20.5. The summed E-state index contributed by atoms with van der Waals surface area (Å²) in [6.07, 6.45) is -0.561. The van der Waals surface area contributed by atoms with Gasteiger partial charge in [-0.3, -0.25) is 0 Å². The number of alkyl halides is 3. The Kier molecular flexibility index (Phi) is 8.57. The molecule has 228 valence electrons. The van der Waals surface area contributed by atoms with E-state index >= 15 is 0 Å². The minimum Gasteiger partial charge on any atom is -0.475 e. The highest BCUT2D eigenvalue weighted by molar-refractivity contribution is 5.91. The molecule has 1 aliphatic carbocycles. The van der Waals surface area contributed by atoms with E-state index in [2.05, 4.69) is 15.3 Å². The predicted molar refractivity (Wildman–Crippen MR) is 156 cm³/mol. The van der Waals surface area contributed by atoms with Gasteiger partial charge in [0, 0.05) is 12.6 Å². The number of nitrogens with zero attached hydrogens (tertiary/aromatic N) is 5. The van der Waals surface area contributed by atoms with Gasteiger partial charge in [0.25, 0.3) is 0 Å². The second-order valence-corrected chi connectivity index (χ2v) is 11.1. The second kappa shape index (κ2) is 12.2. The summed E-state index contributed by atoms with van der Waals surface area (Å²) >= 11 is 0. The van der Waals surface area contributed by atoms with E-state index in [4.69, 9.17) is 4.98 Å². The fraction of sp³-hybridized carbons (Fsp3) is 0.419. The molecule has 4 aromatic rings. The van der Waals surface area contributed by atoms with Crippen molar-refractivity contribution in [1.29, 1.82) is 0 Å². The van der Waals surface area contributed by atoms with Gasteiger partial charge in [0.1, 0.15) is 11.3 Å². The van der Waals surface area contributed by atoms with Gasteiger partial charge in [-0.2, -0.15) is 18.2 Å². The lowest BCUT2D eigenvalue weighted by Gasteiger charge is -2.32. The largest absolute Gasteiger partial charge is 0.475 e. The normalized spacial score (nSPS) is 15.2. The van der Waals surface area contributed by atoms with Crippen LogP contribution in [0.3, 0.4) is 0 Å². The number of halogens is 4. The van der Waals surface area contributed by atoms with Gasteiger partial charge in [-0.1, -0.05) is 37.6 Å². The number of imidazole rings is 1. The van der Waals surface area contributed by atoms with E-state index in [0.29, 0.717) is 47.3 Å². The van der Waals surface area contributed by atoms with Crippen molar-refractivity contribution in [2.75, 3.05) is 16.8 Å². The van der Waals surface area contributed by atoms with Crippen LogP contribution in [0.5, 0.6) is 0 Å². The molecule has 8 nitrogen and oxygen atoms in total. The van der Waals surface area contributed by atoms with Gasteiger partial charge in [0.2, 0.25) is 11.8 Å². The zero-order valence-corrected chi connectivity index (χ0v) is 24.2. The lowest BCUT2D eigenvalue weighted by atomic mass is 9.80. The van der Waals surface area contributed by atoms with Crippen LogP contribution < -0.4 is 10.2 Å². The van der Waals surface area contributed by atoms with E-state index in [0.717, 1.165) is 31.4 Å². The van der Waals surface area contributed by atoms with E-state index in [1.54, 1.807) is 6.07 Å². The highest BCUT2D eigenvalue weighted by Crippen LogP contribution is 2.36. The SMILES string of the molecule is CCCN(c1nc2nc(C(=O)O)nc(NC(C)C3CCC3)c2n1Cc1ccc(C(F)(F)F)cc1)C(C)c1cccc(F)c1. The van der Waals surface area contributed by atoms with Crippen molar-refractivity contribution in [3.8, 4) is 0 Å². The Bertz CT molecular complexity index is 1600. The lowest BCUT2D eigenvalue weighted by Crippen LogP contribution is -2.32. The predicted octanol–water partition coefficient (Wildman–Crippen LogP) is 7.31. The standard InChI is InChI=1S/C31H34F4N6O2/c1-4-15-40(19(3)22-9-6-10-24(32)16-22)30-39-27-25(41(30)17-20-11-13-23(14-12-20)31(33,34)35)26(37-28(38-27)29(42)43)36-18(2)21-7-5-8-21/h6,9-14,16,18-19,21H,4-5,7-8,15,17H2,1-3H3,(H,42,43)(H,36,37,38). The number of carboxylic acids is 1. The molecule has 2 atom stereocenters. The molecule has 2 N–H and O–H groups in total. The highest BCUT2D eigenvalue weighted by Gasteiger charge is 2.31. The average molecular weight is 599 g/mol. The van der Waals surface area contributed by atoms with E-state index in [-0.39, 0.29) is 30.1 Å². The zero-order valence-electron chi connectivity index (χ0n) is 24.2. The van der Waals surface area contributed by atoms with Crippen molar-refractivity contribution in [2.24, 2.45) is 5.92 Å². The number of rotatable bonds is 11. The number of carboxylic acid groups (broad SMARTS) is 1. The van der Waals surface area contributed by atoms with Crippen molar-refractivity contribution < 1.29 is 27.5 Å². The number of hydrogen-bond donors (Lipinski definition) is 2. The minimum absolute atomic E-state index is 0.00988. The van der Waals surface area contributed by atoms with Crippen molar-refractivity contribution in [3.63, 3.8) is 0 Å². The van der Waals surface area contributed by atoms with Crippen LogP contribution in [0.2, 0.25) is 0 Å². The van der Waals surface area contributed by atoms with Crippen LogP contribution in [0.25, 0.3) is 11.2 Å². The molecule has 43 heavy (non-hydrogen) atoms. The quantitative estimate of drug-likeness (QED) is 0.175. The Labute approximate surface area is 246 Å². The maximum atomic E-state index is 14.2. The van der Waals surface area contributed by atoms with Crippen LogP contribution in [0.1, 0.15) is 79.8 Å². The molecular formula is C31H34F4N6O2. The molecule has 0 spiro atoms. The topological polar surface area (TPSA) is 96.2 Å². The number of fused-ring (bicyclic) bond motifs is 1. The molecule has 2 heterocycles. The van der Waals surface area contributed by atoms with Crippen LogP contribution in [0, 0.1) is 11.7 Å². The molecule has 2 aromatic heterocycles. The number of hydrogen-bond acceptors (Lipinski definition) is 6. The Morgan fingerprint density at radius 1 is 1.12 bits per heavy atom. The number of benzene rings is 2. The first-order valence-corrected chi connectivity index (χ1v) is 14.4. The maximum Gasteiger partial charge on any atom is 0.416 e. The fourth-order valence-corrected chi connectivity index (χ4v) is 5.50. The molecule has 0 saturated heterocycles. The molecule has 1 saturated carbocycles. The summed E-state index contributed by atoms with van der Waals surface area (Å²) in [5, 5.41) is 13.2. The van der Waals surface area contributed by atoms with Gasteiger partial charge in [-0.15, -0.1) is 0 Å². The zero-order chi connectivity index (χ0) is 30.9. The first kappa shape index (κ1) is 30.2. The van der Waals surface area contributed by atoms with E-state index in [1.165, 1.54) is 24.3 Å². The highest BCUT2D eigenvalue weighted by atomic mass is 19.4. The molecule has 1 fully saturated rings. The van der Waals surface area contributed by atoms with E-state index in [9.17, 15) is 27.5 Å². The number of carbonyl (C=O) groups is 1. The Morgan fingerprint density at radius 2 is 1.84 bits per heavy atom. The van der Waals surface area contributed by atoms with Crippen molar-refractivity contribution in [2.45, 2.75) is 71.3 Å². The smallest absolute Gasteiger partial charge is 0.416 e. The van der Waals surface area contributed by atoms with Crippen LogP contribution in [0.15, 0.2) is 48.5 Å². The fourth-order valence-electron chi connectivity index (χ4n) is 5.50. The summed E-state index contributed by atoms with van der Waals surface area (Å²) in [6.45, 7) is 6.55. The van der Waals surface area contributed by atoms with Crippen LogP contribution in [-0.2, 0) is 12.7 Å². The third-order valence-electron chi connectivity index (χ3n) is 8.14. The molecule has 2 unspecified atom stereocenters. The minimum atomic E-state index is -4.47. The third kappa shape index (κ3) is 6.42. The molecule has 0 radical (unpaired) electrons. The molecule has 1 aliphatic rings. The molecule has 0 bridgehead atoms. The summed E-state index contributed by atoms with van der Waals surface area (Å²) < 4.78 is 55.9. The molecule has 5 rings (SSSR count). The number of aromatic nitrogens is 4. The van der Waals surface area contributed by atoms with E-state index < -0.39 is 23.5 Å². The van der Waals surface area contributed by atoms with Crippen LogP contribution >= 0.6 is 0 Å². The molecule has 2 aromatic carbocycles. The summed E-state index contributed by atoms with van der Waals surface area (Å²) in [5.74, 6) is -0.992. The van der Waals surface area contributed by atoms with Crippen molar-refractivity contribution >= 4 is 28.9 Å². The summed E-state index contributed by atoms with van der Waals surface area (Å²) in [5.41, 5.74) is 1.11. The molecule has 0 amide bonds. The van der Waals surface area contributed by atoms with Gasteiger partial charge in [0.05, 0.1) is 18.2 Å². The molecular weight excluding hydrogens is 564 g/mol. The van der Waals surface area contributed by atoms with Crippen molar-refractivity contribution in [3.05, 3.63) is 76.9 Å². The number of nitrogens with one attached hydrogen (secondary N) is 1. The Balaban J connectivity index is 1.69. The second-order valence-electron chi connectivity index (χ2n) is 11.1. The van der Waals surface area contributed by atoms with Crippen molar-refractivity contribution in [1.82, 2.24) is 19.5 Å². The summed E-state index contributed by atoms with van der Waals surface area (Å²) in [4.78, 5) is 27.4.